The molecule has 1 aromatic carbocycles. The summed E-state index contributed by atoms with van der Waals surface area (Å²) in [5.74, 6) is 1.77. The van der Waals surface area contributed by atoms with E-state index < -0.39 is 0 Å². The third-order valence-electron chi connectivity index (χ3n) is 4.25. The molecular formula is C17H24ClNO3. The Hall–Kier alpha value is -1.42. The molecule has 122 valence electrons. The Morgan fingerprint density at radius 2 is 1.86 bits per heavy atom. The lowest BCUT2D eigenvalue weighted by Gasteiger charge is -2.21. The summed E-state index contributed by atoms with van der Waals surface area (Å²) < 4.78 is 10.4. The highest BCUT2D eigenvalue weighted by molar-refractivity contribution is 6.32. The summed E-state index contributed by atoms with van der Waals surface area (Å²) in [4.78, 5) is 12.1. The summed E-state index contributed by atoms with van der Waals surface area (Å²) >= 11 is 6.11. The smallest absolute Gasteiger partial charge is 0.224 e. The number of carbonyl (C=O) groups is 1. The fourth-order valence-electron chi connectivity index (χ4n) is 2.98. The van der Waals surface area contributed by atoms with Gasteiger partial charge in [-0.05, 0) is 18.4 Å². The molecule has 0 heterocycles. The number of rotatable bonds is 6. The molecule has 1 aliphatic carbocycles. The molecule has 0 spiro atoms. The molecule has 22 heavy (non-hydrogen) atoms. The average Bonchev–Trinajstić information content (AvgIpc) is 2.54. The minimum atomic E-state index is 0.00473. The SMILES string of the molecule is COc1cc(OC)c(NC(=O)CCC2CCCCC2)cc1Cl. The lowest BCUT2D eigenvalue weighted by Crippen LogP contribution is -2.15. The van der Waals surface area contributed by atoms with E-state index in [1.54, 1.807) is 26.4 Å². The van der Waals surface area contributed by atoms with Crippen LogP contribution in [-0.4, -0.2) is 20.1 Å². The van der Waals surface area contributed by atoms with Gasteiger partial charge in [0, 0.05) is 12.5 Å². The summed E-state index contributed by atoms with van der Waals surface area (Å²) in [6.07, 6.45) is 7.94. The van der Waals surface area contributed by atoms with E-state index in [1.807, 2.05) is 0 Å². The van der Waals surface area contributed by atoms with Gasteiger partial charge in [-0.15, -0.1) is 0 Å². The van der Waals surface area contributed by atoms with Gasteiger partial charge in [-0.25, -0.2) is 0 Å². The molecule has 1 amide bonds. The van der Waals surface area contributed by atoms with E-state index in [4.69, 9.17) is 21.1 Å². The van der Waals surface area contributed by atoms with Crippen LogP contribution in [0, 0.1) is 5.92 Å². The van der Waals surface area contributed by atoms with Crippen LogP contribution in [0.25, 0.3) is 0 Å². The van der Waals surface area contributed by atoms with Crippen molar-refractivity contribution >= 4 is 23.2 Å². The minimum absolute atomic E-state index is 0.00473. The molecule has 0 aromatic heterocycles. The van der Waals surface area contributed by atoms with Gasteiger partial charge in [0.2, 0.25) is 5.91 Å². The van der Waals surface area contributed by atoms with Crippen LogP contribution in [0.4, 0.5) is 5.69 Å². The van der Waals surface area contributed by atoms with Crippen LogP contribution in [0.5, 0.6) is 11.5 Å². The maximum Gasteiger partial charge on any atom is 0.224 e. The number of halogens is 1. The van der Waals surface area contributed by atoms with Crippen molar-refractivity contribution in [3.63, 3.8) is 0 Å². The van der Waals surface area contributed by atoms with Crippen LogP contribution in [0.1, 0.15) is 44.9 Å². The largest absolute Gasteiger partial charge is 0.495 e. The van der Waals surface area contributed by atoms with Crippen molar-refractivity contribution in [2.45, 2.75) is 44.9 Å². The molecule has 0 atom stereocenters. The van der Waals surface area contributed by atoms with Crippen LogP contribution in [0.15, 0.2) is 12.1 Å². The Labute approximate surface area is 137 Å². The van der Waals surface area contributed by atoms with Crippen molar-refractivity contribution in [3.05, 3.63) is 17.2 Å². The summed E-state index contributed by atoms with van der Waals surface area (Å²) in [5, 5.41) is 3.34. The molecular weight excluding hydrogens is 302 g/mol. The molecule has 0 unspecified atom stereocenters. The quantitative estimate of drug-likeness (QED) is 0.827. The summed E-state index contributed by atoms with van der Waals surface area (Å²) in [6.45, 7) is 0. The first-order chi connectivity index (χ1) is 10.6. The van der Waals surface area contributed by atoms with E-state index in [-0.39, 0.29) is 5.91 Å². The molecule has 2 rings (SSSR count). The van der Waals surface area contributed by atoms with E-state index >= 15 is 0 Å². The van der Waals surface area contributed by atoms with Gasteiger partial charge in [0.1, 0.15) is 11.5 Å². The molecule has 1 saturated carbocycles. The standard InChI is InChI=1S/C17H24ClNO3/c1-21-15-11-16(22-2)14(10-13(15)18)19-17(20)9-8-12-6-4-3-5-7-12/h10-12H,3-9H2,1-2H3,(H,19,20). The van der Waals surface area contributed by atoms with Gasteiger partial charge < -0.3 is 14.8 Å². The monoisotopic (exact) mass is 325 g/mol. The third-order valence-corrected chi connectivity index (χ3v) is 4.55. The van der Waals surface area contributed by atoms with E-state index in [2.05, 4.69) is 5.32 Å². The number of hydrogen-bond donors (Lipinski definition) is 1. The second-order valence-corrected chi connectivity index (χ2v) is 6.19. The molecule has 1 aromatic rings. The van der Waals surface area contributed by atoms with Crippen LogP contribution in [-0.2, 0) is 4.79 Å². The number of benzene rings is 1. The van der Waals surface area contributed by atoms with E-state index in [0.717, 1.165) is 6.42 Å². The lowest BCUT2D eigenvalue weighted by molar-refractivity contribution is -0.116. The van der Waals surface area contributed by atoms with Crippen LogP contribution in [0.2, 0.25) is 5.02 Å². The lowest BCUT2D eigenvalue weighted by atomic mass is 9.86. The van der Waals surface area contributed by atoms with Gasteiger partial charge in [0.05, 0.1) is 24.9 Å². The van der Waals surface area contributed by atoms with Gasteiger partial charge in [0.25, 0.3) is 0 Å². The van der Waals surface area contributed by atoms with Crippen molar-refractivity contribution in [1.82, 2.24) is 0 Å². The Kier molecular flexibility index (Phi) is 6.37. The number of amides is 1. The van der Waals surface area contributed by atoms with E-state index in [9.17, 15) is 4.79 Å². The fraction of sp³-hybridized carbons (Fsp3) is 0.588. The second-order valence-electron chi connectivity index (χ2n) is 5.78. The zero-order valence-corrected chi connectivity index (χ0v) is 14.0. The number of hydrogen-bond acceptors (Lipinski definition) is 3. The van der Waals surface area contributed by atoms with Gasteiger partial charge >= 0.3 is 0 Å². The number of carbonyl (C=O) groups excluding carboxylic acids is 1. The van der Waals surface area contributed by atoms with E-state index in [0.29, 0.717) is 34.5 Å². The zero-order chi connectivity index (χ0) is 15.9. The number of nitrogens with one attached hydrogen (secondary N) is 1. The number of anilines is 1. The van der Waals surface area contributed by atoms with Gasteiger partial charge in [0.15, 0.2) is 0 Å². The zero-order valence-electron chi connectivity index (χ0n) is 13.3. The predicted octanol–water partition coefficient (Wildman–Crippen LogP) is 4.66. The summed E-state index contributed by atoms with van der Waals surface area (Å²) in [6, 6.07) is 3.34. The summed E-state index contributed by atoms with van der Waals surface area (Å²) in [7, 11) is 3.10. The number of methoxy groups -OCH3 is 2. The predicted molar refractivity (Wildman–Crippen MR) is 89.0 cm³/mol. The molecule has 5 heteroatoms. The Balaban J connectivity index is 1.94. The Morgan fingerprint density at radius 3 is 2.50 bits per heavy atom. The highest BCUT2D eigenvalue weighted by atomic mass is 35.5. The molecule has 0 saturated heterocycles. The molecule has 0 radical (unpaired) electrons. The van der Waals surface area contributed by atoms with E-state index in [1.165, 1.54) is 32.1 Å². The van der Waals surface area contributed by atoms with Gasteiger partial charge in [-0.1, -0.05) is 43.7 Å². The maximum absolute atomic E-state index is 12.1. The number of ether oxygens (including phenoxy) is 2. The average molecular weight is 326 g/mol. The highest BCUT2D eigenvalue weighted by Gasteiger charge is 2.16. The highest BCUT2D eigenvalue weighted by Crippen LogP contribution is 2.36. The molecule has 0 aliphatic heterocycles. The first-order valence-electron chi connectivity index (χ1n) is 7.85. The van der Waals surface area contributed by atoms with Crippen molar-refractivity contribution in [2.24, 2.45) is 5.92 Å². The molecule has 1 fully saturated rings. The van der Waals surface area contributed by atoms with Crippen LogP contribution >= 0.6 is 11.6 Å². The molecule has 0 bridgehead atoms. The van der Waals surface area contributed by atoms with Gasteiger partial charge in [-0.3, -0.25) is 4.79 Å². The van der Waals surface area contributed by atoms with Crippen molar-refractivity contribution in [3.8, 4) is 11.5 Å². The maximum atomic E-state index is 12.1. The van der Waals surface area contributed by atoms with Crippen molar-refractivity contribution in [2.75, 3.05) is 19.5 Å². The van der Waals surface area contributed by atoms with Gasteiger partial charge in [-0.2, -0.15) is 0 Å². The molecule has 1 N–H and O–H groups in total. The van der Waals surface area contributed by atoms with Crippen LogP contribution < -0.4 is 14.8 Å². The second kappa shape index (κ2) is 8.28. The first-order valence-corrected chi connectivity index (χ1v) is 8.23. The Bertz CT molecular complexity index is 513. The van der Waals surface area contributed by atoms with Crippen molar-refractivity contribution in [1.29, 1.82) is 0 Å². The molecule has 4 nitrogen and oxygen atoms in total. The Morgan fingerprint density at radius 1 is 1.18 bits per heavy atom. The normalized spacial score (nSPS) is 15.4. The minimum Gasteiger partial charge on any atom is -0.495 e. The molecule has 1 aliphatic rings. The van der Waals surface area contributed by atoms with Crippen LogP contribution in [0.3, 0.4) is 0 Å². The topological polar surface area (TPSA) is 47.6 Å². The fourth-order valence-corrected chi connectivity index (χ4v) is 3.22. The third kappa shape index (κ3) is 4.54. The van der Waals surface area contributed by atoms with Crippen molar-refractivity contribution < 1.29 is 14.3 Å². The summed E-state index contributed by atoms with van der Waals surface area (Å²) in [5.41, 5.74) is 0.585. The first kappa shape index (κ1) is 16.9.